The van der Waals surface area contributed by atoms with Gasteiger partial charge >= 0.3 is 0 Å². The number of nitrogens with zero attached hydrogens (tertiary/aromatic N) is 2. The SMILES string of the molecule is CC[Si](C#CC1(O)c2ccccc2C(O)(C#C[Si](CC)(CC)C2CCCC2)c2c1ccc1nc3c4c(ccc3nc21)C(O)(C#C[Si](CC)(CC)C1CCCC1)c1ccccc1C4(O)C#C[Si](CC)(CC)C1CCCC1)(CC)C1CCCC1. The lowest BCUT2D eigenvalue weighted by atomic mass is 9.67. The summed E-state index contributed by atoms with van der Waals surface area (Å²) in [7, 11) is -8.89. The molecular formula is C72H92N2O4Si4. The molecule has 4 fully saturated rings. The quantitative estimate of drug-likeness (QED) is 0.0563. The molecule has 0 bridgehead atoms. The second kappa shape index (κ2) is 23.0. The van der Waals surface area contributed by atoms with Crippen LogP contribution in [0.5, 0.6) is 0 Å². The minimum absolute atomic E-state index is 0.427. The van der Waals surface area contributed by atoms with Crippen LogP contribution in [-0.2, 0) is 22.4 Å². The maximum Gasteiger partial charge on any atom is 0.179 e. The summed E-state index contributed by atoms with van der Waals surface area (Å²) >= 11 is 0. The first-order valence-corrected chi connectivity index (χ1v) is 42.6. The molecule has 0 spiro atoms. The Morgan fingerprint density at radius 1 is 0.341 bits per heavy atom. The Morgan fingerprint density at radius 2 is 0.573 bits per heavy atom. The molecule has 11 rings (SSSR count). The highest BCUT2D eigenvalue weighted by atomic mass is 28.3. The Hall–Kier alpha value is -4.57. The van der Waals surface area contributed by atoms with Gasteiger partial charge in [-0.25, -0.2) is 9.97 Å². The van der Waals surface area contributed by atoms with Crippen LogP contribution in [0.1, 0.15) is 203 Å². The molecule has 0 aliphatic heterocycles. The van der Waals surface area contributed by atoms with E-state index >= 15 is 0 Å². The summed E-state index contributed by atoms with van der Waals surface area (Å²) in [4.78, 5) is 11.3. The van der Waals surface area contributed by atoms with Gasteiger partial charge in [0.15, 0.2) is 22.4 Å². The van der Waals surface area contributed by atoms with Gasteiger partial charge in [-0.1, -0.05) is 242 Å². The van der Waals surface area contributed by atoms with E-state index in [0.717, 1.165) is 48.4 Å². The van der Waals surface area contributed by atoms with Crippen LogP contribution in [-0.4, -0.2) is 62.7 Å². The van der Waals surface area contributed by atoms with Crippen molar-refractivity contribution in [3.63, 3.8) is 0 Å². The van der Waals surface area contributed by atoms with Gasteiger partial charge in [-0.2, -0.15) is 0 Å². The summed E-state index contributed by atoms with van der Waals surface area (Å²) in [6.45, 7) is 18.4. The molecule has 0 saturated heterocycles. The third-order valence-corrected chi connectivity index (χ3v) is 44.4. The molecule has 10 heteroatoms. The summed E-state index contributed by atoms with van der Waals surface area (Å²) in [5.41, 5.74) is 16.7. The molecule has 0 radical (unpaired) electrons. The summed E-state index contributed by atoms with van der Waals surface area (Å²) in [5.74, 6) is 14.7. The van der Waals surface area contributed by atoms with E-state index in [0.29, 0.717) is 88.7 Å². The van der Waals surface area contributed by atoms with Gasteiger partial charge < -0.3 is 20.4 Å². The topological polar surface area (TPSA) is 107 Å². The number of aromatic nitrogens is 2. The second-order valence-electron chi connectivity index (χ2n) is 26.2. The lowest BCUT2D eigenvalue weighted by molar-refractivity contribution is 0.0954. The molecule has 430 valence electrons. The van der Waals surface area contributed by atoms with Crippen molar-refractivity contribution >= 4 is 54.4 Å². The van der Waals surface area contributed by atoms with Crippen molar-refractivity contribution in [2.24, 2.45) is 0 Å². The Morgan fingerprint density at radius 3 is 0.817 bits per heavy atom. The first kappa shape index (κ1) is 59.2. The van der Waals surface area contributed by atoms with Crippen molar-refractivity contribution in [1.29, 1.82) is 0 Å². The van der Waals surface area contributed by atoms with E-state index in [9.17, 15) is 20.4 Å². The van der Waals surface area contributed by atoms with Crippen LogP contribution in [0.4, 0.5) is 0 Å². The molecule has 4 aromatic carbocycles. The van der Waals surface area contributed by atoms with Gasteiger partial charge in [0.05, 0.1) is 22.1 Å². The number of fused-ring (bicyclic) bond motifs is 8. The van der Waals surface area contributed by atoms with Crippen LogP contribution >= 0.6 is 0 Å². The number of hydrogen-bond acceptors (Lipinski definition) is 6. The number of benzene rings is 4. The molecule has 5 aromatic rings. The predicted molar refractivity (Wildman–Crippen MR) is 349 cm³/mol. The predicted octanol–water partition coefficient (Wildman–Crippen LogP) is 16.3. The van der Waals surface area contributed by atoms with Gasteiger partial charge in [0.2, 0.25) is 0 Å². The zero-order valence-corrected chi connectivity index (χ0v) is 54.9. The van der Waals surface area contributed by atoms with E-state index < -0.39 is 54.7 Å². The zero-order valence-electron chi connectivity index (χ0n) is 50.9. The lowest BCUT2D eigenvalue weighted by Gasteiger charge is -2.42. The van der Waals surface area contributed by atoms with Crippen LogP contribution in [0.3, 0.4) is 0 Å². The summed E-state index contributed by atoms with van der Waals surface area (Å²) in [5, 5.41) is 56.1. The molecule has 6 nitrogen and oxygen atoms in total. The normalized spacial score (nSPS) is 25.0. The molecular weight excluding hydrogens is 1070 g/mol. The highest BCUT2D eigenvalue weighted by Gasteiger charge is 2.54. The molecule has 0 amide bonds. The van der Waals surface area contributed by atoms with Crippen LogP contribution in [0.15, 0.2) is 72.8 Å². The fourth-order valence-electron chi connectivity index (χ4n) is 17.7. The van der Waals surface area contributed by atoms with Gasteiger partial charge in [-0.3, -0.25) is 0 Å². The fraction of sp³-hybridized carbons (Fsp3) is 0.556. The van der Waals surface area contributed by atoms with Gasteiger partial charge in [0, 0.05) is 44.5 Å². The van der Waals surface area contributed by atoms with E-state index in [1.165, 1.54) is 103 Å². The molecule has 82 heavy (non-hydrogen) atoms. The van der Waals surface area contributed by atoms with Crippen LogP contribution in [0.25, 0.3) is 22.1 Å². The minimum Gasteiger partial charge on any atom is -0.369 e. The Balaban J connectivity index is 1.22. The summed E-state index contributed by atoms with van der Waals surface area (Å²) in [6.07, 6.45) is 19.3. The molecule has 4 N–H and O–H groups in total. The molecule has 1 heterocycles. The van der Waals surface area contributed by atoms with E-state index in [-0.39, 0.29) is 0 Å². The van der Waals surface area contributed by atoms with Gasteiger partial charge in [-0.15, -0.1) is 22.2 Å². The third kappa shape index (κ3) is 9.35. The number of rotatable bonds is 12. The first-order valence-electron chi connectivity index (χ1n) is 32.7. The molecule has 4 saturated carbocycles. The largest absolute Gasteiger partial charge is 0.369 e. The van der Waals surface area contributed by atoms with E-state index in [2.05, 4.69) is 101 Å². The zero-order chi connectivity index (χ0) is 57.8. The average Bonchev–Trinajstić information content (AvgIpc) is 2.86. The lowest BCUT2D eigenvalue weighted by Crippen LogP contribution is -2.44. The molecule has 6 aliphatic rings. The third-order valence-electron chi connectivity index (χ3n) is 23.3. The summed E-state index contributed by atoms with van der Waals surface area (Å²) < 4.78 is 0. The highest BCUT2D eigenvalue weighted by molar-refractivity contribution is 6.90. The van der Waals surface area contributed by atoms with Crippen molar-refractivity contribution in [2.75, 3.05) is 0 Å². The number of aliphatic hydroxyl groups is 4. The minimum atomic E-state index is -2.25. The van der Waals surface area contributed by atoms with E-state index in [1.807, 2.05) is 72.8 Å². The average molecular weight is 1160 g/mol. The van der Waals surface area contributed by atoms with Gasteiger partial charge in [0.1, 0.15) is 32.3 Å². The Kier molecular flexibility index (Phi) is 16.6. The van der Waals surface area contributed by atoms with E-state index in [4.69, 9.17) is 9.97 Å². The monoisotopic (exact) mass is 1160 g/mol. The molecule has 4 atom stereocenters. The molecule has 1 aromatic heterocycles. The molecule has 6 aliphatic carbocycles. The van der Waals surface area contributed by atoms with Crippen LogP contribution < -0.4 is 0 Å². The van der Waals surface area contributed by atoms with Crippen molar-refractivity contribution in [3.05, 3.63) is 117 Å². The van der Waals surface area contributed by atoms with Gasteiger partial charge in [-0.05, 0) is 82.7 Å². The van der Waals surface area contributed by atoms with Crippen molar-refractivity contribution in [2.45, 2.75) is 251 Å². The van der Waals surface area contributed by atoms with Crippen LogP contribution in [0.2, 0.25) is 70.5 Å². The smallest absolute Gasteiger partial charge is 0.179 e. The van der Waals surface area contributed by atoms with Crippen LogP contribution in [0, 0.1) is 45.9 Å². The van der Waals surface area contributed by atoms with E-state index in [1.54, 1.807) is 0 Å². The Labute approximate surface area is 496 Å². The summed E-state index contributed by atoms with van der Waals surface area (Å²) in [6, 6.07) is 31.4. The Bertz CT molecular complexity index is 3260. The maximum atomic E-state index is 14.2. The maximum absolute atomic E-state index is 14.2. The highest BCUT2D eigenvalue weighted by Crippen LogP contribution is 2.55. The van der Waals surface area contributed by atoms with Gasteiger partial charge in [0.25, 0.3) is 0 Å². The number of hydrogen-bond donors (Lipinski definition) is 4. The second-order valence-corrected chi connectivity index (χ2v) is 45.4. The molecule has 4 unspecified atom stereocenters. The van der Waals surface area contributed by atoms with Crippen molar-refractivity contribution in [3.8, 4) is 45.9 Å². The van der Waals surface area contributed by atoms with Crippen molar-refractivity contribution < 1.29 is 20.4 Å². The van der Waals surface area contributed by atoms with Crippen molar-refractivity contribution in [1.82, 2.24) is 9.97 Å². The standard InChI is InChI=1S/C72H92N2O4Si4/c1-9-79(10-2,53-29-17-18-30-53)49-45-69(75)57-37-25-27-39-59(57)71(77,47-51-81(13-5,14-6)55-33-21-22-34-55)65-61(69)41-43-63-67(65)73-64-44-42-62-66(68(64)74-63)72(78,48-52-82(15-7,16-8)56-35-23-24-36-56)60-40-28-26-38-58(60)70(62,76)46-50-80(11-3,12-4)54-31-19-20-32-54/h25-28,37-44,53-56,75-78H,9-24,29-36H2,1-8H3. The first-order chi connectivity index (χ1) is 39.6. The fourth-order valence-corrected chi connectivity index (χ4v) is 34.3.